The Labute approximate surface area is 194 Å². The molecule has 1 amide bonds. The SMILES string of the molecule is COc1cc(-c2cn(C)c(=O)c3ccccc23)cc(OC)c1C(=O)N1CCC(N(C)C)CC1. The number of likely N-dealkylation sites (tertiary alicyclic amines) is 1. The van der Waals surface area contributed by atoms with E-state index in [4.69, 9.17) is 9.47 Å². The van der Waals surface area contributed by atoms with E-state index in [0.717, 1.165) is 29.4 Å². The molecular formula is C26H31N3O4. The number of hydrogen-bond donors (Lipinski definition) is 0. The van der Waals surface area contributed by atoms with E-state index in [1.165, 1.54) is 0 Å². The van der Waals surface area contributed by atoms with Gasteiger partial charge < -0.3 is 23.8 Å². The first kappa shape index (κ1) is 22.9. The molecule has 0 aliphatic carbocycles. The second kappa shape index (κ2) is 9.27. The van der Waals surface area contributed by atoms with Crippen LogP contribution in [0.2, 0.25) is 0 Å². The Kier molecular flexibility index (Phi) is 6.42. The van der Waals surface area contributed by atoms with E-state index >= 15 is 0 Å². The van der Waals surface area contributed by atoms with Crippen LogP contribution in [-0.4, -0.2) is 67.7 Å². The summed E-state index contributed by atoms with van der Waals surface area (Å²) in [4.78, 5) is 30.2. The molecule has 7 nitrogen and oxygen atoms in total. The third-order valence-electron chi connectivity index (χ3n) is 6.60. The van der Waals surface area contributed by atoms with Crippen molar-refractivity contribution in [1.29, 1.82) is 0 Å². The van der Waals surface area contributed by atoms with E-state index in [2.05, 4.69) is 19.0 Å². The van der Waals surface area contributed by atoms with Gasteiger partial charge in [-0.1, -0.05) is 18.2 Å². The molecule has 0 unspecified atom stereocenters. The van der Waals surface area contributed by atoms with Gasteiger partial charge in [0.05, 0.1) is 14.2 Å². The minimum absolute atomic E-state index is 0.0544. The van der Waals surface area contributed by atoms with Gasteiger partial charge in [-0.05, 0) is 56.1 Å². The number of ether oxygens (including phenoxy) is 2. The van der Waals surface area contributed by atoms with Gasteiger partial charge in [-0.25, -0.2) is 0 Å². The van der Waals surface area contributed by atoms with Crippen LogP contribution in [0.4, 0.5) is 0 Å². The standard InChI is InChI=1S/C26H31N3O4/c1-27(2)18-10-12-29(13-11-18)26(31)24-22(32-4)14-17(15-23(24)33-5)21-16-28(3)25(30)20-9-7-6-8-19(20)21/h6-9,14-16,18H,10-13H2,1-5H3. The molecule has 0 radical (unpaired) electrons. The topological polar surface area (TPSA) is 64.0 Å². The zero-order valence-corrected chi connectivity index (χ0v) is 19.9. The summed E-state index contributed by atoms with van der Waals surface area (Å²) in [5.74, 6) is 0.835. The Morgan fingerprint density at radius 1 is 1.00 bits per heavy atom. The summed E-state index contributed by atoms with van der Waals surface area (Å²) in [6.07, 6.45) is 3.68. The van der Waals surface area contributed by atoms with Crippen LogP contribution < -0.4 is 15.0 Å². The first-order valence-electron chi connectivity index (χ1n) is 11.2. The number of pyridine rings is 1. The molecule has 1 aromatic heterocycles. The maximum Gasteiger partial charge on any atom is 0.261 e. The molecule has 0 bridgehead atoms. The molecule has 174 valence electrons. The fraction of sp³-hybridized carbons (Fsp3) is 0.385. The van der Waals surface area contributed by atoms with Crippen molar-refractivity contribution in [2.45, 2.75) is 18.9 Å². The van der Waals surface area contributed by atoms with E-state index in [9.17, 15) is 9.59 Å². The Hall–Kier alpha value is -3.32. The second-order valence-electron chi connectivity index (χ2n) is 8.75. The average molecular weight is 450 g/mol. The first-order chi connectivity index (χ1) is 15.8. The number of carbonyl (C=O) groups excluding carboxylic acids is 1. The number of carbonyl (C=O) groups is 1. The quantitative estimate of drug-likeness (QED) is 0.598. The molecule has 33 heavy (non-hydrogen) atoms. The van der Waals surface area contributed by atoms with Gasteiger partial charge in [-0.15, -0.1) is 0 Å². The highest BCUT2D eigenvalue weighted by Gasteiger charge is 2.29. The van der Waals surface area contributed by atoms with E-state index in [1.807, 2.05) is 47.5 Å². The van der Waals surface area contributed by atoms with Crippen LogP contribution in [0.15, 0.2) is 47.4 Å². The molecule has 0 spiro atoms. The second-order valence-corrected chi connectivity index (χ2v) is 8.75. The highest BCUT2D eigenvalue weighted by molar-refractivity contribution is 6.02. The predicted octanol–water partition coefficient (Wildman–Crippen LogP) is 3.39. The average Bonchev–Trinajstić information content (AvgIpc) is 2.85. The number of piperidine rings is 1. The lowest BCUT2D eigenvalue weighted by Gasteiger charge is -2.35. The van der Waals surface area contributed by atoms with Crippen molar-refractivity contribution in [2.75, 3.05) is 41.4 Å². The summed E-state index contributed by atoms with van der Waals surface area (Å²) in [6.45, 7) is 1.39. The number of aryl methyl sites for hydroxylation is 1. The highest BCUT2D eigenvalue weighted by atomic mass is 16.5. The lowest BCUT2D eigenvalue weighted by Crippen LogP contribution is -2.44. The van der Waals surface area contributed by atoms with Crippen molar-refractivity contribution in [3.8, 4) is 22.6 Å². The highest BCUT2D eigenvalue weighted by Crippen LogP contribution is 2.38. The zero-order chi connectivity index (χ0) is 23.7. The van der Waals surface area contributed by atoms with Crippen molar-refractivity contribution in [1.82, 2.24) is 14.4 Å². The summed E-state index contributed by atoms with van der Waals surface area (Å²) < 4.78 is 12.9. The van der Waals surface area contributed by atoms with Gasteiger partial charge >= 0.3 is 0 Å². The van der Waals surface area contributed by atoms with E-state index in [0.29, 0.717) is 41.6 Å². The van der Waals surface area contributed by atoms with Gasteiger partial charge in [-0.2, -0.15) is 0 Å². The molecule has 0 atom stereocenters. The van der Waals surface area contributed by atoms with Crippen LogP contribution in [0.25, 0.3) is 21.9 Å². The molecule has 7 heteroatoms. The van der Waals surface area contributed by atoms with Gasteiger partial charge in [0.15, 0.2) is 0 Å². The number of rotatable bonds is 5. The number of hydrogen-bond acceptors (Lipinski definition) is 5. The monoisotopic (exact) mass is 449 g/mol. The third-order valence-corrected chi connectivity index (χ3v) is 6.60. The number of methoxy groups -OCH3 is 2. The molecule has 1 saturated heterocycles. The number of benzene rings is 2. The maximum absolute atomic E-state index is 13.5. The van der Waals surface area contributed by atoms with Gasteiger partial charge in [0.25, 0.3) is 11.5 Å². The van der Waals surface area contributed by atoms with Crippen molar-refractivity contribution in [3.05, 3.63) is 58.5 Å². The Morgan fingerprint density at radius 2 is 1.58 bits per heavy atom. The van der Waals surface area contributed by atoms with Gasteiger partial charge in [0, 0.05) is 43.3 Å². The first-order valence-corrected chi connectivity index (χ1v) is 11.2. The maximum atomic E-state index is 13.5. The lowest BCUT2D eigenvalue weighted by atomic mass is 9.97. The number of aromatic nitrogens is 1. The molecule has 2 heterocycles. The summed E-state index contributed by atoms with van der Waals surface area (Å²) in [6, 6.07) is 11.7. The summed E-state index contributed by atoms with van der Waals surface area (Å²) >= 11 is 0. The minimum atomic E-state index is -0.0854. The largest absolute Gasteiger partial charge is 0.496 e. The summed E-state index contributed by atoms with van der Waals surface area (Å²) in [7, 11) is 9.02. The van der Waals surface area contributed by atoms with E-state index in [-0.39, 0.29) is 11.5 Å². The predicted molar refractivity (Wildman–Crippen MR) is 130 cm³/mol. The Morgan fingerprint density at radius 3 is 2.12 bits per heavy atom. The van der Waals surface area contributed by atoms with Crippen molar-refractivity contribution in [3.63, 3.8) is 0 Å². The number of nitrogens with zero attached hydrogens (tertiary/aromatic N) is 3. The number of amides is 1. The minimum Gasteiger partial charge on any atom is -0.496 e. The molecular weight excluding hydrogens is 418 g/mol. The molecule has 1 fully saturated rings. The summed E-state index contributed by atoms with van der Waals surface area (Å²) in [5, 5.41) is 1.48. The van der Waals surface area contributed by atoms with Crippen LogP contribution in [-0.2, 0) is 7.05 Å². The van der Waals surface area contributed by atoms with E-state index in [1.54, 1.807) is 25.8 Å². The fourth-order valence-electron chi connectivity index (χ4n) is 4.67. The van der Waals surface area contributed by atoms with Crippen molar-refractivity contribution >= 4 is 16.7 Å². The van der Waals surface area contributed by atoms with Crippen LogP contribution in [0.5, 0.6) is 11.5 Å². The van der Waals surface area contributed by atoms with Crippen LogP contribution >= 0.6 is 0 Å². The van der Waals surface area contributed by atoms with Crippen LogP contribution in [0.3, 0.4) is 0 Å². The van der Waals surface area contributed by atoms with Crippen LogP contribution in [0.1, 0.15) is 23.2 Å². The van der Waals surface area contributed by atoms with Gasteiger partial charge in [0.1, 0.15) is 17.1 Å². The molecule has 1 aliphatic rings. The van der Waals surface area contributed by atoms with Gasteiger partial charge in [-0.3, -0.25) is 9.59 Å². The normalized spacial score (nSPS) is 14.7. The molecule has 3 aromatic rings. The van der Waals surface area contributed by atoms with Crippen molar-refractivity contribution in [2.24, 2.45) is 7.05 Å². The van der Waals surface area contributed by atoms with Crippen LogP contribution in [0, 0.1) is 0 Å². The fourth-order valence-corrected chi connectivity index (χ4v) is 4.67. The molecule has 0 N–H and O–H groups in total. The van der Waals surface area contributed by atoms with Gasteiger partial charge in [0.2, 0.25) is 0 Å². The zero-order valence-electron chi connectivity index (χ0n) is 19.9. The molecule has 2 aromatic carbocycles. The molecule has 4 rings (SSSR count). The number of fused-ring (bicyclic) bond motifs is 1. The Balaban J connectivity index is 1.78. The molecule has 0 saturated carbocycles. The third kappa shape index (κ3) is 4.20. The Bertz CT molecular complexity index is 1220. The smallest absolute Gasteiger partial charge is 0.261 e. The summed E-state index contributed by atoms with van der Waals surface area (Å²) in [5.41, 5.74) is 2.07. The van der Waals surface area contributed by atoms with Crippen molar-refractivity contribution < 1.29 is 14.3 Å². The van der Waals surface area contributed by atoms with E-state index < -0.39 is 0 Å². The molecule has 1 aliphatic heterocycles. The lowest BCUT2D eigenvalue weighted by molar-refractivity contribution is 0.0656.